The summed E-state index contributed by atoms with van der Waals surface area (Å²) < 4.78 is 18.2. The van der Waals surface area contributed by atoms with Crippen LogP contribution in [0.5, 0.6) is 0 Å². The van der Waals surface area contributed by atoms with Gasteiger partial charge in [-0.3, -0.25) is 0 Å². The molecule has 17 heavy (non-hydrogen) atoms. The number of nitrogens with zero attached hydrogens (tertiary/aromatic N) is 2. The molecule has 0 unspecified atom stereocenters. The molecule has 1 heterocycles. The fourth-order valence-corrected chi connectivity index (χ4v) is 2.34. The fraction of sp³-hybridized carbons (Fsp3) is 0.273. The largest absolute Gasteiger partial charge is 0.360 e. The zero-order chi connectivity index (χ0) is 12.3. The lowest BCUT2D eigenvalue weighted by Gasteiger charge is -1.99. The first-order valence-corrected chi connectivity index (χ1v) is 6.80. The van der Waals surface area contributed by atoms with E-state index in [0.717, 1.165) is 22.6 Å². The molecule has 6 heteroatoms. The minimum atomic E-state index is -0.291. The van der Waals surface area contributed by atoms with Crippen LogP contribution in [-0.2, 0) is 0 Å². The van der Waals surface area contributed by atoms with E-state index in [1.54, 1.807) is 6.07 Å². The highest BCUT2D eigenvalue weighted by Crippen LogP contribution is 2.28. The number of hydrogen-bond acceptors (Lipinski definition) is 4. The number of anilines is 1. The normalized spacial score (nSPS) is 10.5. The van der Waals surface area contributed by atoms with E-state index in [0.29, 0.717) is 11.4 Å². The summed E-state index contributed by atoms with van der Waals surface area (Å²) >= 11 is 4.65. The molecular weight excluding hydrogens is 305 g/mol. The second-order valence-corrected chi connectivity index (χ2v) is 5.08. The van der Waals surface area contributed by atoms with Crippen LogP contribution in [0.1, 0.15) is 13.3 Å². The van der Waals surface area contributed by atoms with Gasteiger partial charge in [0.15, 0.2) is 5.82 Å². The maximum atomic E-state index is 13.2. The number of rotatable bonds is 4. The molecule has 1 N–H and O–H groups in total. The monoisotopic (exact) mass is 315 g/mol. The minimum Gasteiger partial charge on any atom is -0.360 e. The third-order valence-corrected chi connectivity index (χ3v) is 3.49. The van der Waals surface area contributed by atoms with Crippen LogP contribution in [0.2, 0.25) is 0 Å². The Morgan fingerprint density at radius 1 is 1.47 bits per heavy atom. The van der Waals surface area contributed by atoms with Gasteiger partial charge in [-0.25, -0.2) is 4.39 Å². The summed E-state index contributed by atoms with van der Waals surface area (Å²) in [6.07, 6.45) is 1.03. The molecule has 0 saturated heterocycles. The lowest BCUT2D eigenvalue weighted by Crippen LogP contribution is -1.98. The molecule has 0 aliphatic heterocycles. The van der Waals surface area contributed by atoms with Crippen molar-refractivity contribution in [3.8, 4) is 11.4 Å². The van der Waals surface area contributed by atoms with Crippen molar-refractivity contribution in [1.29, 1.82) is 0 Å². The molecule has 0 spiro atoms. The summed E-state index contributed by atoms with van der Waals surface area (Å²) in [7, 11) is 0. The van der Waals surface area contributed by atoms with Crippen molar-refractivity contribution in [2.24, 2.45) is 0 Å². The predicted octanol–water partition coefficient (Wildman–Crippen LogP) is 3.93. The first-order chi connectivity index (χ1) is 8.20. The summed E-state index contributed by atoms with van der Waals surface area (Å²) in [5.74, 6) is 0.251. The van der Waals surface area contributed by atoms with Crippen molar-refractivity contribution in [1.82, 2.24) is 9.36 Å². The van der Waals surface area contributed by atoms with Gasteiger partial charge in [-0.15, -0.1) is 0 Å². The smallest absolute Gasteiger partial charge is 0.202 e. The SMILES string of the molecule is CCCNc1nc(-c2cc(F)ccc2Br)ns1. The molecule has 1 aromatic heterocycles. The van der Waals surface area contributed by atoms with Gasteiger partial charge < -0.3 is 5.32 Å². The first-order valence-electron chi connectivity index (χ1n) is 5.23. The van der Waals surface area contributed by atoms with Crippen molar-refractivity contribution >= 4 is 32.6 Å². The number of benzene rings is 1. The van der Waals surface area contributed by atoms with Gasteiger partial charge in [-0.05, 0) is 24.6 Å². The first kappa shape index (κ1) is 12.4. The minimum absolute atomic E-state index is 0.291. The van der Waals surface area contributed by atoms with E-state index >= 15 is 0 Å². The number of halogens is 2. The Kier molecular flexibility index (Phi) is 4.06. The highest BCUT2D eigenvalue weighted by molar-refractivity contribution is 9.10. The third kappa shape index (κ3) is 3.01. The Labute approximate surface area is 111 Å². The molecule has 3 nitrogen and oxygen atoms in total. The van der Waals surface area contributed by atoms with Crippen molar-refractivity contribution in [2.75, 3.05) is 11.9 Å². The van der Waals surface area contributed by atoms with E-state index in [2.05, 4.69) is 37.5 Å². The van der Waals surface area contributed by atoms with Crippen LogP contribution in [-0.4, -0.2) is 15.9 Å². The van der Waals surface area contributed by atoms with Crippen LogP contribution in [0.4, 0.5) is 9.52 Å². The lowest BCUT2D eigenvalue weighted by molar-refractivity contribution is 0.628. The molecule has 2 aromatic rings. The molecule has 1 aromatic carbocycles. The molecule has 0 radical (unpaired) electrons. The summed E-state index contributed by atoms with van der Waals surface area (Å²) in [4.78, 5) is 4.32. The Hall–Kier alpha value is -1.01. The highest BCUT2D eigenvalue weighted by atomic mass is 79.9. The van der Waals surface area contributed by atoms with Crippen molar-refractivity contribution in [3.63, 3.8) is 0 Å². The lowest BCUT2D eigenvalue weighted by atomic mass is 10.2. The number of nitrogens with one attached hydrogen (secondary N) is 1. The highest BCUT2D eigenvalue weighted by Gasteiger charge is 2.10. The second-order valence-electron chi connectivity index (χ2n) is 3.47. The molecule has 0 saturated carbocycles. The Bertz CT molecular complexity index is 515. The third-order valence-electron chi connectivity index (χ3n) is 2.12. The summed E-state index contributed by atoms with van der Waals surface area (Å²) in [6.45, 7) is 2.94. The van der Waals surface area contributed by atoms with Gasteiger partial charge in [0, 0.05) is 28.1 Å². The van der Waals surface area contributed by atoms with E-state index in [9.17, 15) is 4.39 Å². The average molecular weight is 316 g/mol. The molecule has 2 rings (SSSR count). The summed E-state index contributed by atoms with van der Waals surface area (Å²) in [5, 5.41) is 3.92. The maximum absolute atomic E-state index is 13.2. The van der Waals surface area contributed by atoms with Crippen LogP contribution in [0.15, 0.2) is 22.7 Å². The van der Waals surface area contributed by atoms with Crippen molar-refractivity contribution in [2.45, 2.75) is 13.3 Å². The van der Waals surface area contributed by atoms with E-state index in [1.165, 1.54) is 23.7 Å². The molecular formula is C11H11BrFN3S. The van der Waals surface area contributed by atoms with E-state index < -0.39 is 0 Å². The van der Waals surface area contributed by atoms with Gasteiger partial charge in [0.25, 0.3) is 0 Å². The van der Waals surface area contributed by atoms with Crippen LogP contribution >= 0.6 is 27.5 Å². The zero-order valence-electron chi connectivity index (χ0n) is 9.20. The molecule has 0 amide bonds. The van der Waals surface area contributed by atoms with Crippen LogP contribution in [0.25, 0.3) is 11.4 Å². The molecule has 0 bridgehead atoms. The summed E-state index contributed by atoms with van der Waals surface area (Å²) in [6, 6.07) is 4.48. The van der Waals surface area contributed by atoms with Gasteiger partial charge in [0.1, 0.15) is 5.82 Å². The van der Waals surface area contributed by atoms with Crippen molar-refractivity contribution < 1.29 is 4.39 Å². The second kappa shape index (κ2) is 5.55. The van der Waals surface area contributed by atoms with Gasteiger partial charge in [0.05, 0.1) is 0 Å². The van der Waals surface area contributed by atoms with Crippen LogP contribution in [0, 0.1) is 5.82 Å². The number of hydrogen-bond donors (Lipinski definition) is 1. The topological polar surface area (TPSA) is 37.8 Å². The average Bonchev–Trinajstić information content (AvgIpc) is 2.78. The van der Waals surface area contributed by atoms with Gasteiger partial charge >= 0.3 is 0 Å². The Morgan fingerprint density at radius 2 is 2.29 bits per heavy atom. The van der Waals surface area contributed by atoms with Crippen molar-refractivity contribution in [3.05, 3.63) is 28.5 Å². The molecule has 0 fully saturated rings. The molecule has 0 atom stereocenters. The fourth-order valence-electron chi connectivity index (χ4n) is 1.31. The van der Waals surface area contributed by atoms with Gasteiger partial charge in [0.2, 0.25) is 5.13 Å². The maximum Gasteiger partial charge on any atom is 0.202 e. The zero-order valence-corrected chi connectivity index (χ0v) is 11.6. The number of aromatic nitrogens is 2. The van der Waals surface area contributed by atoms with E-state index in [-0.39, 0.29) is 5.82 Å². The Morgan fingerprint density at radius 3 is 3.06 bits per heavy atom. The summed E-state index contributed by atoms with van der Waals surface area (Å²) in [5.41, 5.74) is 0.672. The molecule has 0 aliphatic carbocycles. The van der Waals surface area contributed by atoms with E-state index in [1.807, 2.05) is 0 Å². The molecule has 90 valence electrons. The van der Waals surface area contributed by atoms with E-state index in [4.69, 9.17) is 0 Å². The Balaban J connectivity index is 2.27. The molecule has 0 aliphatic rings. The van der Waals surface area contributed by atoms with Gasteiger partial charge in [-0.2, -0.15) is 9.36 Å². The van der Waals surface area contributed by atoms with Crippen LogP contribution < -0.4 is 5.32 Å². The predicted molar refractivity (Wildman–Crippen MR) is 71.8 cm³/mol. The standard InChI is InChI=1S/C11H11BrFN3S/c1-2-5-14-11-15-10(16-17-11)8-6-7(13)3-4-9(8)12/h3-4,6H,2,5H2,1H3,(H,14,15,16). The van der Waals surface area contributed by atoms with Gasteiger partial charge in [-0.1, -0.05) is 22.9 Å². The van der Waals surface area contributed by atoms with Crippen LogP contribution in [0.3, 0.4) is 0 Å². The quantitative estimate of drug-likeness (QED) is 0.929.